The number of nitrogens with zero attached hydrogens (tertiary/aromatic N) is 4. The summed E-state index contributed by atoms with van der Waals surface area (Å²) in [5.41, 5.74) is 16.2. The smallest absolute Gasteiger partial charge is 0.187 e. The van der Waals surface area contributed by atoms with E-state index in [2.05, 4.69) is 108 Å². The quantitative estimate of drug-likeness (QED) is 0.161. The summed E-state index contributed by atoms with van der Waals surface area (Å²) in [4.78, 5) is 18.4. The Bertz CT molecular complexity index is 2680. The van der Waals surface area contributed by atoms with Crippen LogP contribution in [-0.4, -0.2) is 15.0 Å². The fourth-order valence-corrected chi connectivity index (χ4v) is 8.90. The Labute approximate surface area is 328 Å². The van der Waals surface area contributed by atoms with E-state index in [1.54, 1.807) is 0 Å². The van der Waals surface area contributed by atoms with Gasteiger partial charge in [-0.25, -0.2) is 19.8 Å². The van der Waals surface area contributed by atoms with Crippen molar-refractivity contribution in [3.8, 4) is 78.7 Å². The molecule has 266 valence electrons. The van der Waals surface area contributed by atoms with E-state index in [4.69, 9.17) is 21.5 Å². The van der Waals surface area contributed by atoms with E-state index in [1.165, 1.54) is 76.6 Å². The molecule has 0 N–H and O–H groups in total. The van der Waals surface area contributed by atoms with Crippen LogP contribution in [0.3, 0.4) is 0 Å². The highest BCUT2D eigenvalue weighted by molar-refractivity contribution is 5.86. The van der Waals surface area contributed by atoms with E-state index < -0.39 is 0 Å². The van der Waals surface area contributed by atoms with Gasteiger partial charge in [0.15, 0.2) is 23.2 Å². The van der Waals surface area contributed by atoms with Crippen LogP contribution in [0.5, 0.6) is 0 Å². The minimum absolute atomic E-state index is 0.0616. The van der Waals surface area contributed by atoms with Crippen LogP contribution in [0.15, 0.2) is 170 Å². The zero-order chi connectivity index (χ0) is 37.5. The third-order valence-electron chi connectivity index (χ3n) is 11.8. The molecule has 1 heterocycles. The summed E-state index contributed by atoms with van der Waals surface area (Å²) >= 11 is 0. The van der Waals surface area contributed by atoms with Crippen molar-refractivity contribution in [2.24, 2.45) is 0 Å². The van der Waals surface area contributed by atoms with Gasteiger partial charge in [-0.05, 0) is 80.6 Å². The molecule has 4 heteroatoms. The van der Waals surface area contributed by atoms with Crippen LogP contribution < -0.4 is 0 Å². The highest BCUT2D eigenvalue weighted by Gasteiger charge is 2.43. The normalized spacial score (nSPS) is 13.8. The summed E-state index contributed by atoms with van der Waals surface area (Å²) in [6.45, 7) is 7.61. The van der Waals surface area contributed by atoms with E-state index in [-0.39, 0.29) is 5.41 Å². The molecule has 4 nitrogen and oxygen atoms in total. The third kappa shape index (κ3) is 5.99. The van der Waals surface area contributed by atoms with Crippen molar-refractivity contribution in [1.82, 2.24) is 15.0 Å². The highest BCUT2D eigenvalue weighted by Crippen LogP contribution is 2.57. The minimum Gasteiger partial charge on any atom is -0.238 e. The molecule has 7 aromatic carbocycles. The Hall–Kier alpha value is -6.96. The van der Waals surface area contributed by atoms with E-state index in [9.17, 15) is 0 Å². The number of hydrogen-bond donors (Lipinski definition) is 0. The van der Waals surface area contributed by atoms with Crippen molar-refractivity contribution < 1.29 is 0 Å². The van der Waals surface area contributed by atoms with Crippen molar-refractivity contribution >= 4 is 5.69 Å². The molecular weight excluding hydrogens is 681 g/mol. The lowest BCUT2D eigenvalue weighted by atomic mass is 9.67. The second-order valence-corrected chi connectivity index (χ2v) is 15.0. The fraction of sp³-hybridized carbons (Fsp3) is 0.115. The standard InChI is InChI=1S/C52H38N4/c1-53-44-28-30-47-46(34-44)45-29-27-43(33-48(45)52(47)31-9-4-10-32-52)39-21-19-37(20-22-39)35-15-17-36(18-16-35)38-23-25-42(26-24-38)51-55-49(40-11-5-2-6-12-40)54-50(56-51)41-13-7-3-8-14-41/h2-3,5-8,11-30,33-34H,4,9-10,31-32H2. The number of fused-ring (bicyclic) bond motifs is 5. The Morgan fingerprint density at radius 1 is 0.375 bits per heavy atom. The molecule has 1 fully saturated rings. The van der Waals surface area contributed by atoms with Gasteiger partial charge in [0.2, 0.25) is 0 Å². The van der Waals surface area contributed by atoms with Gasteiger partial charge in [-0.15, -0.1) is 0 Å². The lowest BCUT2D eigenvalue weighted by molar-refractivity contribution is 0.353. The topological polar surface area (TPSA) is 43.0 Å². The first kappa shape index (κ1) is 33.6. The predicted molar refractivity (Wildman–Crippen MR) is 228 cm³/mol. The molecule has 0 radical (unpaired) electrons. The molecule has 0 unspecified atom stereocenters. The maximum atomic E-state index is 7.61. The summed E-state index contributed by atoms with van der Waals surface area (Å²) in [6.07, 6.45) is 6.15. The number of aromatic nitrogens is 3. The average molecular weight is 719 g/mol. The van der Waals surface area contributed by atoms with Gasteiger partial charge in [-0.2, -0.15) is 0 Å². The Morgan fingerprint density at radius 2 is 0.804 bits per heavy atom. The summed E-state index contributed by atoms with van der Waals surface area (Å²) in [6, 6.07) is 59.8. The van der Waals surface area contributed by atoms with Gasteiger partial charge in [-0.1, -0.05) is 177 Å². The van der Waals surface area contributed by atoms with Crippen molar-refractivity contribution in [3.63, 3.8) is 0 Å². The van der Waals surface area contributed by atoms with Gasteiger partial charge in [-0.3, -0.25) is 0 Å². The van der Waals surface area contributed by atoms with Crippen LogP contribution in [0, 0.1) is 6.57 Å². The lowest BCUT2D eigenvalue weighted by Crippen LogP contribution is -2.28. The van der Waals surface area contributed by atoms with Gasteiger partial charge >= 0.3 is 0 Å². The van der Waals surface area contributed by atoms with Crippen LogP contribution in [0.1, 0.15) is 43.2 Å². The zero-order valence-corrected chi connectivity index (χ0v) is 31.0. The maximum Gasteiger partial charge on any atom is 0.187 e. The summed E-state index contributed by atoms with van der Waals surface area (Å²) in [7, 11) is 0. The fourth-order valence-electron chi connectivity index (χ4n) is 8.90. The molecular formula is C52H38N4. The summed E-state index contributed by atoms with van der Waals surface area (Å²) in [5.74, 6) is 1.96. The number of hydrogen-bond acceptors (Lipinski definition) is 3. The first-order valence-electron chi connectivity index (χ1n) is 19.5. The van der Waals surface area contributed by atoms with Gasteiger partial charge in [0.25, 0.3) is 0 Å². The molecule has 8 aromatic rings. The molecule has 56 heavy (non-hydrogen) atoms. The van der Waals surface area contributed by atoms with Crippen molar-refractivity contribution in [1.29, 1.82) is 0 Å². The molecule has 0 bridgehead atoms. The Kier molecular flexibility index (Phi) is 8.42. The van der Waals surface area contributed by atoms with Crippen molar-refractivity contribution in [3.05, 3.63) is 192 Å². The number of benzene rings is 7. The molecule has 2 aliphatic carbocycles. The van der Waals surface area contributed by atoms with Crippen LogP contribution in [0.4, 0.5) is 5.69 Å². The summed E-state index contributed by atoms with van der Waals surface area (Å²) < 4.78 is 0. The Balaban J connectivity index is 0.896. The first-order valence-corrected chi connectivity index (χ1v) is 19.5. The minimum atomic E-state index is 0.0616. The second-order valence-electron chi connectivity index (χ2n) is 15.0. The molecule has 10 rings (SSSR count). The van der Waals surface area contributed by atoms with Crippen molar-refractivity contribution in [2.75, 3.05) is 0 Å². The SMILES string of the molecule is [C-]#[N+]c1ccc2c(c1)-c1ccc(-c3ccc(-c4ccc(-c5ccc(-c6nc(-c7ccccc7)nc(-c7ccccc7)n6)cc5)cc4)cc3)cc1C21CCCCC1. The zero-order valence-electron chi connectivity index (χ0n) is 31.0. The van der Waals surface area contributed by atoms with E-state index >= 15 is 0 Å². The van der Waals surface area contributed by atoms with E-state index in [0.29, 0.717) is 17.5 Å². The predicted octanol–water partition coefficient (Wildman–Crippen LogP) is 13.7. The van der Waals surface area contributed by atoms with Gasteiger partial charge in [0, 0.05) is 22.1 Å². The van der Waals surface area contributed by atoms with Gasteiger partial charge < -0.3 is 0 Å². The molecule has 2 aliphatic rings. The molecule has 1 saturated carbocycles. The molecule has 1 spiro atoms. The highest BCUT2D eigenvalue weighted by atomic mass is 15.0. The van der Waals surface area contributed by atoms with Crippen LogP contribution in [0.2, 0.25) is 0 Å². The maximum absolute atomic E-state index is 7.61. The molecule has 0 amide bonds. The average Bonchev–Trinajstić information content (AvgIpc) is 3.54. The van der Waals surface area contributed by atoms with Crippen LogP contribution in [-0.2, 0) is 5.41 Å². The number of rotatable bonds is 6. The van der Waals surface area contributed by atoms with Gasteiger partial charge in [0.05, 0.1) is 6.57 Å². The van der Waals surface area contributed by atoms with E-state index in [0.717, 1.165) is 33.5 Å². The van der Waals surface area contributed by atoms with E-state index in [1.807, 2.05) is 66.7 Å². The monoisotopic (exact) mass is 718 g/mol. The lowest BCUT2D eigenvalue weighted by Gasteiger charge is -2.36. The molecule has 0 saturated heterocycles. The second kappa shape index (κ2) is 14.0. The summed E-state index contributed by atoms with van der Waals surface area (Å²) in [5, 5.41) is 0. The van der Waals surface area contributed by atoms with Gasteiger partial charge in [0.1, 0.15) is 0 Å². The largest absolute Gasteiger partial charge is 0.238 e. The first-order chi connectivity index (χ1) is 27.6. The third-order valence-corrected chi connectivity index (χ3v) is 11.8. The molecule has 0 atom stereocenters. The van der Waals surface area contributed by atoms with Crippen LogP contribution >= 0.6 is 0 Å². The Morgan fingerprint density at radius 3 is 1.29 bits per heavy atom. The molecule has 0 aliphatic heterocycles. The molecule has 1 aromatic heterocycles. The van der Waals surface area contributed by atoms with Crippen LogP contribution in [0.25, 0.3) is 83.5 Å². The van der Waals surface area contributed by atoms with Crippen molar-refractivity contribution in [2.45, 2.75) is 37.5 Å².